The molecule has 178 valence electrons. The van der Waals surface area contributed by atoms with Gasteiger partial charge in [0.05, 0.1) is 18.2 Å². The summed E-state index contributed by atoms with van der Waals surface area (Å²) in [7, 11) is 0. The molecular weight excluding hydrogens is 564 g/mol. The molecule has 2 N–H and O–H groups in total. The molecule has 1 aliphatic heterocycles. The average molecular weight is 584 g/mol. The maximum atomic E-state index is 13.8. The lowest BCUT2D eigenvalue weighted by Gasteiger charge is -2.21. The summed E-state index contributed by atoms with van der Waals surface area (Å²) in [6, 6.07) is 12.8. The van der Waals surface area contributed by atoms with Crippen molar-refractivity contribution in [2.24, 2.45) is 0 Å². The number of aromatic nitrogens is 2. The third-order valence-corrected chi connectivity index (χ3v) is 6.31. The molecule has 2 aromatic carbocycles. The molecule has 1 atom stereocenters. The zero-order chi connectivity index (χ0) is 24.6. The molecule has 4 rings (SSSR count). The Morgan fingerprint density at radius 1 is 1.12 bits per heavy atom. The predicted molar refractivity (Wildman–Crippen MR) is 127 cm³/mol. The number of fused-ring (bicyclic) bond motifs is 1. The number of carbonyl (C=O) groups is 2. The minimum Gasteiger partial charge on any atom is -0.478 e. The van der Waals surface area contributed by atoms with Crippen molar-refractivity contribution in [3.8, 4) is 0 Å². The lowest BCUT2D eigenvalue weighted by molar-refractivity contribution is -0.141. The van der Waals surface area contributed by atoms with E-state index in [1.165, 1.54) is 28.9 Å². The molecule has 1 aliphatic rings. The quantitative estimate of drug-likeness (QED) is 0.410. The lowest BCUT2D eigenvalue weighted by atomic mass is 10.1. The van der Waals surface area contributed by atoms with E-state index >= 15 is 0 Å². The van der Waals surface area contributed by atoms with Gasteiger partial charge < -0.3 is 15.3 Å². The molecule has 0 radical (unpaired) electrons. The van der Waals surface area contributed by atoms with Crippen molar-refractivity contribution >= 4 is 40.3 Å². The molecule has 34 heavy (non-hydrogen) atoms. The van der Waals surface area contributed by atoms with Crippen LogP contribution in [0.1, 0.15) is 50.5 Å². The van der Waals surface area contributed by atoms with Gasteiger partial charge in [-0.25, -0.2) is 9.48 Å². The van der Waals surface area contributed by atoms with Crippen LogP contribution in [0.15, 0.2) is 48.5 Å². The normalized spacial score (nSPS) is 14.1. The molecule has 1 aromatic heterocycles. The van der Waals surface area contributed by atoms with Crippen molar-refractivity contribution in [1.29, 1.82) is 0 Å². The number of rotatable bonds is 6. The van der Waals surface area contributed by atoms with Gasteiger partial charge in [-0.3, -0.25) is 4.79 Å². The summed E-state index contributed by atoms with van der Waals surface area (Å²) < 4.78 is 43.7. The number of nitrogens with zero attached hydrogens (tertiary/aromatic N) is 3. The largest absolute Gasteiger partial charge is 0.478 e. The second kappa shape index (κ2) is 9.28. The molecule has 0 fully saturated rings. The van der Waals surface area contributed by atoms with Crippen LogP contribution >= 0.6 is 22.6 Å². The van der Waals surface area contributed by atoms with Gasteiger partial charge in [-0.15, -0.1) is 0 Å². The number of carboxylic acids is 1. The average Bonchev–Trinajstić information content (AvgIpc) is 3.35. The maximum Gasteiger partial charge on any atom is 0.436 e. The highest BCUT2D eigenvalue weighted by molar-refractivity contribution is 14.1. The first-order valence-electron chi connectivity index (χ1n) is 10.4. The monoisotopic (exact) mass is 584 g/mol. The Bertz CT molecular complexity index is 1220. The van der Waals surface area contributed by atoms with E-state index in [1.807, 2.05) is 24.3 Å². The molecule has 0 saturated heterocycles. The number of anilines is 1. The van der Waals surface area contributed by atoms with E-state index in [-0.39, 0.29) is 17.9 Å². The Kier molecular flexibility index (Phi) is 6.56. The third-order valence-electron chi connectivity index (χ3n) is 5.59. The molecule has 7 nitrogen and oxygen atoms in total. The van der Waals surface area contributed by atoms with Crippen LogP contribution in [0.5, 0.6) is 0 Å². The number of carbonyl (C=O) groups excluding carboxylic acids is 1. The minimum absolute atomic E-state index is 0.0716. The van der Waals surface area contributed by atoms with E-state index in [0.29, 0.717) is 18.7 Å². The van der Waals surface area contributed by atoms with Gasteiger partial charge >= 0.3 is 12.1 Å². The fourth-order valence-corrected chi connectivity index (χ4v) is 4.25. The van der Waals surface area contributed by atoms with Crippen LogP contribution in [0, 0.1) is 3.57 Å². The van der Waals surface area contributed by atoms with Crippen LogP contribution in [0.2, 0.25) is 0 Å². The Hall–Kier alpha value is -3.09. The van der Waals surface area contributed by atoms with Crippen LogP contribution < -0.4 is 10.2 Å². The first-order chi connectivity index (χ1) is 16.0. The van der Waals surface area contributed by atoms with Crippen LogP contribution in [-0.4, -0.2) is 33.3 Å². The SMILES string of the molecule is CC(NC(=O)c1c(C(F)(F)F)nn2c1N(Cc1ccc(I)cc1)CC2)c1ccc(C(=O)O)cc1. The maximum absolute atomic E-state index is 13.8. The molecule has 0 bridgehead atoms. The lowest BCUT2D eigenvalue weighted by Crippen LogP contribution is -2.31. The number of halogens is 4. The second-order valence-electron chi connectivity index (χ2n) is 7.94. The zero-order valence-corrected chi connectivity index (χ0v) is 20.1. The summed E-state index contributed by atoms with van der Waals surface area (Å²) in [4.78, 5) is 25.9. The number of amides is 1. The molecule has 11 heteroatoms. The first-order valence-corrected chi connectivity index (χ1v) is 11.4. The van der Waals surface area contributed by atoms with E-state index in [2.05, 4.69) is 33.0 Å². The van der Waals surface area contributed by atoms with Gasteiger partial charge in [0.15, 0.2) is 5.69 Å². The Balaban J connectivity index is 1.64. The third kappa shape index (κ3) is 4.88. The van der Waals surface area contributed by atoms with Crippen molar-refractivity contribution in [1.82, 2.24) is 15.1 Å². The smallest absolute Gasteiger partial charge is 0.436 e. The number of benzene rings is 2. The van der Waals surface area contributed by atoms with Crippen molar-refractivity contribution < 1.29 is 27.9 Å². The highest BCUT2D eigenvalue weighted by Gasteiger charge is 2.44. The van der Waals surface area contributed by atoms with Crippen LogP contribution in [0.3, 0.4) is 0 Å². The number of nitrogens with one attached hydrogen (secondary N) is 1. The van der Waals surface area contributed by atoms with Crippen LogP contribution in [-0.2, 0) is 19.3 Å². The summed E-state index contributed by atoms with van der Waals surface area (Å²) in [6.07, 6.45) is -4.80. The predicted octanol–water partition coefficient (Wildman–Crippen LogP) is 4.72. The van der Waals surface area contributed by atoms with Crippen LogP contribution in [0.25, 0.3) is 0 Å². The fourth-order valence-electron chi connectivity index (χ4n) is 3.89. The van der Waals surface area contributed by atoms with Gasteiger partial charge in [0, 0.05) is 16.7 Å². The van der Waals surface area contributed by atoms with E-state index in [1.54, 1.807) is 11.8 Å². The molecule has 2 heterocycles. The Morgan fingerprint density at radius 3 is 2.35 bits per heavy atom. The molecule has 1 unspecified atom stereocenters. The first kappa shape index (κ1) is 24.0. The van der Waals surface area contributed by atoms with Gasteiger partial charge in [0.2, 0.25) is 0 Å². The Morgan fingerprint density at radius 2 is 1.76 bits per heavy atom. The van der Waals surface area contributed by atoms with Gasteiger partial charge in [-0.1, -0.05) is 24.3 Å². The summed E-state index contributed by atoms with van der Waals surface area (Å²) in [6.45, 7) is 2.63. The standard InChI is InChI=1S/C23H20F3IN4O3/c1-13(15-4-6-16(7-5-15)22(33)34)28-20(32)18-19(23(24,25)26)29-31-11-10-30(21(18)31)12-14-2-8-17(27)9-3-14/h2-9,13H,10-12H2,1H3,(H,28,32)(H,33,34). The number of alkyl halides is 3. The number of carboxylic acid groups (broad SMARTS) is 1. The van der Waals surface area contributed by atoms with E-state index in [0.717, 1.165) is 9.13 Å². The van der Waals surface area contributed by atoms with Crippen molar-refractivity contribution in [3.05, 3.63) is 80.0 Å². The summed E-state index contributed by atoms with van der Waals surface area (Å²) in [5.41, 5.74) is -0.194. The van der Waals surface area contributed by atoms with Gasteiger partial charge in [-0.2, -0.15) is 18.3 Å². The van der Waals surface area contributed by atoms with Gasteiger partial charge in [-0.05, 0) is 64.9 Å². The highest BCUT2D eigenvalue weighted by atomic mass is 127. The molecule has 3 aromatic rings. The molecule has 0 spiro atoms. The van der Waals surface area contributed by atoms with Crippen molar-refractivity contribution in [3.63, 3.8) is 0 Å². The van der Waals surface area contributed by atoms with Crippen molar-refractivity contribution in [2.75, 3.05) is 11.4 Å². The Labute approximate surface area is 206 Å². The van der Waals surface area contributed by atoms with E-state index < -0.39 is 35.4 Å². The molecular formula is C23H20F3IN4O3. The molecule has 0 saturated carbocycles. The zero-order valence-electron chi connectivity index (χ0n) is 17.9. The highest BCUT2D eigenvalue weighted by Crippen LogP contribution is 2.38. The summed E-state index contributed by atoms with van der Waals surface area (Å²) in [5, 5.41) is 15.4. The van der Waals surface area contributed by atoms with E-state index in [4.69, 9.17) is 5.11 Å². The number of hydrogen-bond acceptors (Lipinski definition) is 4. The van der Waals surface area contributed by atoms with Gasteiger partial charge in [0.1, 0.15) is 11.4 Å². The second-order valence-corrected chi connectivity index (χ2v) is 9.18. The van der Waals surface area contributed by atoms with E-state index in [9.17, 15) is 22.8 Å². The number of aromatic carboxylic acids is 1. The fraction of sp³-hybridized carbons (Fsp3) is 0.261. The molecule has 1 amide bonds. The van der Waals surface area contributed by atoms with Gasteiger partial charge in [0.25, 0.3) is 5.91 Å². The van der Waals surface area contributed by atoms with Crippen molar-refractivity contribution in [2.45, 2.75) is 32.2 Å². The summed E-state index contributed by atoms with van der Waals surface area (Å²) >= 11 is 2.17. The van der Waals surface area contributed by atoms with Crippen LogP contribution in [0.4, 0.5) is 19.0 Å². The molecule has 0 aliphatic carbocycles. The summed E-state index contributed by atoms with van der Waals surface area (Å²) in [5.74, 6) is -1.85. The topological polar surface area (TPSA) is 87.5 Å². The minimum atomic E-state index is -4.80. The number of hydrogen-bond donors (Lipinski definition) is 2.